The smallest absolute Gasteiger partial charge is 0.338 e. The average Bonchev–Trinajstić information content (AvgIpc) is 2.57. The van der Waals surface area contributed by atoms with Gasteiger partial charge in [0.25, 0.3) is 0 Å². The van der Waals surface area contributed by atoms with Crippen molar-refractivity contribution in [3.8, 4) is 0 Å². The average molecular weight is 362 g/mol. The molecule has 0 unspecified atom stereocenters. The molecule has 0 saturated heterocycles. The van der Waals surface area contributed by atoms with E-state index in [2.05, 4.69) is 15.8 Å². The number of hydrogen-bond donors (Lipinski definition) is 2. The van der Waals surface area contributed by atoms with E-state index in [1.165, 1.54) is 0 Å². The van der Waals surface area contributed by atoms with Gasteiger partial charge >= 0.3 is 5.97 Å². The summed E-state index contributed by atoms with van der Waals surface area (Å²) >= 11 is 11.2. The molecule has 0 aliphatic carbocycles. The lowest BCUT2D eigenvalue weighted by Gasteiger charge is -2.08. The van der Waals surface area contributed by atoms with Crippen molar-refractivity contribution in [3.63, 3.8) is 0 Å². The molecule has 0 fully saturated rings. The van der Waals surface area contributed by atoms with Crippen molar-refractivity contribution in [2.75, 3.05) is 11.9 Å². The van der Waals surface area contributed by atoms with Gasteiger partial charge in [0.05, 0.1) is 18.4 Å². The molecule has 2 aromatic rings. The molecule has 0 atom stereocenters. The lowest BCUT2D eigenvalue weighted by molar-refractivity contribution is 0.0526. The maximum absolute atomic E-state index is 11.6. The highest BCUT2D eigenvalue weighted by Gasteiger charge is 2.05. The van der Waals surface area contributed by atoms with Crippen molar-refractivity contribution in [3.05, 3.63) is 64.7 Å². The monoisotopic (exact) mass is 361 g/mol. The van der Waals surface area contributed by atoms with Crippen LogP contribution in [-0.4, -0.2) is 23.9 Å². The van der Waals surface area contributed by atoms with Crippen LogP contribution in [0, 0.1) is 0 Å². The lowest BCUT2D eigenvalue weighted by Crippen LogP contribution is -2.23. The highest BCUT2D eigenvalue weighted by Crippen LogP contribution is 2.12. The Morgan fingerprint density at radius 3 is 2.62 bits per heavy atom. The SMILES string of the molecule is CCOC(=O)c1ccc(NC(=S)NN=Cc2ccccc2Cl)cc1. The van der Waals surface area contributed by atoms with Crippen LogP contribution in [-0.2, 0) is 4.74 Å². The van der Waals surface area contributed by atoms with Crippen molar-refractivity contribution < 1.29 is 9.53 Å². The summed E-state index contributed by atoms with van der Waals surface area (Å²) in [6, 6.07) is 14.1. The van der Waals surface area contributed by atoms with Gasteiger partial charge in [0.1, 0.15) is 0 Å². The summed E-state index contributed by atoms with van der Waals surface area (Å²) in [6.07, 6.45) is 1.58. The topological polar surface area (TPSA) is 62.7 Å². The maximum Gasteiger partial charge on any atom is 0.338 e. The minimum absolute atomic E-state index is 0.321. The normalized spacial score (nSPS) is 10.4. The summed E-state index contributed by atoms with van der Waals surface area (Å²) in [4.78, 5) is 11.6. The first-order valence-electron chi connectivity index (χ1n) is 7.22. The summed E-state index contributed by atoms with van der Waals surface area (Å²) < 4.78 is 4.93. The molecule has 124 valence electrons. The standard InChI is InChI=1S/C17H16ClN3O2S/c1-2-23-16(22)12-7-9-14(10-8-12)20-17(24)21-19-11-13-5-3-4-6-15(13)18/h3-11H,2H2,1H3,(H2,20,21,24). The summed E-state index contributed by atoms with van der Waals surface area (Å²) in [5, 5.41) is 7.92. The second kappa shape index (κ2) is 9.00. The van der Waals surface area contributed by atoms with Gasteiger partial charge in [-0.25, -0.2) is 4.79 Å². The molecule has 24 heavy (non-hydrogen) atoms. The number of anilines is 1. The van der Waals surface area contributed by atoms with Crippen LogP contribution in [0.25, 0.3) is 0 Å². The van der Waals surface area contributed by atoms with Crippen LogP contribution in [0.4, 0.5) is 5.69 Å². The fraction of sp³-hybridized carbons (Fsp3) is 0.118. The number of nitrogens with one attached hydrogen (secondary N) is 2. The molecule has 0 aliphatic rings. The second-order valence-electron chi connectivity index (χ2n) is 4.64. The first-order valence-corrected chi connectivity index (χ1v) is 8.00. The van der Waals surface area contributed by atoms with Crippen molar-refractivity contribution in [2.24, 2.45) is 5.10 Å². The molecule has 0 spiro atoms. The number of benzene rings is 2. The van der Waals surface area contributed by atoms with Gasteiger partial charge in [-0.2, -0.15) is 5.10 Å². The van der Waals surface area contributed by atoms with E-state index in [4.69, 9.17) is 28.6 Å². The summed E-state index contributed by atoms with van der Waals surface area (Å²) in [5.74, 6) is -0.353. The number of hydrogen-bond acceptors (Lipinski definition) is 4. The highest BCUT2D eigenvalue weighted by molar-refractivity contribution is 7.80. The van der Waals surface area contributed by atoms with E-state index in [-0.39, 0.29) is 5.97 Å². The van der Waals surface area contributed by atoms with Gasteiger partial charge in [-0.05, 0) is 49.5 Å². The van der Waals surface area contributed by atoms with E-state index in [0.29, 0.717) is 22.3 Å². The Balaban J connectivity index is 1.88. The number of thiocarbonyl (C=S) groups is 1. The number of esters is 1. The molecule has 0 aromatic heterocycles. The Bertz CT molecular complexity index is 748. The summed E-state index contributed by atoms with van der Waals surface area (Å²) in [5.41, 5.74) is 4.70. The molecule has 2 rings (SSSR count). The Labute approximate surface area is 150 Å². The molecular weight excluding hydrogens is 346 g/mol. The Morgan fingerprint density at radius 1 is 1.25 bits per heavy atom. The number of ether oxygens (including phenoxy) is 1. The van der Waals surface area contributed by atoms with Crippen LogP contribution in [0.1, 0.15) is 22.8 Å². The van der Waals surface area contributed by atoms with Crippen molar-refractivity contribution in [1.29, 1.82) is 0 Å². The van der Waals surface area contributed by atoms with Gasteiger partial charge in [-0.3, -0.25) is 5.43 Å². The molecule has 0 saturated carbocycles. The first-order chi connectivity index (χ1) is 11.6. The van der Waals surface area contributed by atoms with Crippen molar-refractivity contribution in [2.45, 2.75) is 6.92 Å². The molecule has 0 amide bonds. The third-order valence-electron chi connectivity index (χ3n) is 2.93. The number of hydrazone groups is 1. The van der Waals surface area contributed by atoms with Crippen molar-refractivity contribution in [1.82, 2.24) is 5.43 Å². The number of nitrogens with zero attached hydrogens (tertiary/aromatic N) is 1. The van der Waals surface area contributed by atoms with Gasteiger partial charge in [0, 0.05) is 16.3 Å². The largest absolute Gasteiger partial charge is 0.462 e. The molecule has 5 nitrogen and oxygen atoms in total. The molecule has 0 heterocycles. The molecule has 2 aromatic carbocycles. The number of rotatable bonds is 5. The van der Waals surface area contributed by atoms with Gasteiger partial charge in [0.2, 0.25) is 0 Å². The first kappa shape index (κ1) is 17.9. The highest BCUT2D eigenvalue weighted by atomic mass is 35.5. The second-order valence-corrected chi connectivity index (χ2v) is 5.46. The number of carbonyl (C=O) groups is 1. The van der Waals surface area contributed by atoms with Gasteiger partial charge < -0.3 is 10.1 Å². The predicted molar refractivity (Wildman–Crippen MR) is 101 cm³/mol. The minimum atomic E-state index is -0.353. The van der Waals surface area contributed by atoms with Crippen LogP contribution in [0.2, 0.25) is 5.02 Å². The summed E-state index contributed by atoms with van der Waals surface area (Å²) in [7, 11) is 0. The number of halogens is 1. The molecule has 2 N–H and O–H groups in total. The van der Waals surface area contributed by atoms with Gasteiger partial charge in [0.15, 0.2) is 5.11 Å². The molecule has 0 radical (unpaired) electrons. The minimum Gasteiger partial charge on any atom is -0.462 e. The van der Waals surface area contributed by atoms with Crippen molar-refractivity contribution >= 4 is 46.8 Å². The quantitative estimate of drug-likeness (QED) is 0.366. The number of carbonyl (C=O) groups excluding carboxylic acids is 1. The fourth-order valence-electron chi connectivity index (χ4n) is 1.80. The van der Waals surface area contributed by atoms with E-state index in [1.54, 1.807) is 43.5 Å². The van der Waals surface area contributed by atoms with Crippen LogP contribution in [0.15, 0.2) is 53.6 Å². The third-order valence-corrected chi connectivity index (χ3v) is 3.47. The van der Waals surface area contributed by atoms with E-state index < -0.39 is 0 Å². The van der Waals surface area contributed by atoms with Gasteiger partial charge in [-0.1, -0.05) is 29.8 Å². The van der Waals surface area contributed by atoms with Crippen LogP contribution >= 0.6 is 23.8 Å². The zero-order valence-electron chi connectivity index (χ0n) is 13.0. The van der Waals surface area contributed by atoms with Crippen LogP contribution < -0.4 is 10.7 Å². The zero-order chi connectivity index (χ0) is 17.4. The Kier molecular flexibility index (Phi) is 6.72. The summed E-state index contributed by atoms with van der Waals surface area (Å²) in [6.45, 7) is 2.11. The Morgan fingerprint density at radius 2 is 1.96 bits per heavy atom. The maximum atomic E-state index is 11.6. The predicted octanol–water partition coefficient (Wildman–Crippen LogP) is 3.84. The van der Waals surface area contributed by atoms with Gasteiger partial charge in [-0.15, -0.1) is 0 Å². The Hall–Kier alpha value is -2.44. The van der Waals surface area contributed by atoms with E-state index in [9.17, 15) is 4.79 Å². The van der Waals surface area contributed by atoms with E-state index in [0.717, 1.165) is 11.3 Å². The molecular formula is C17H16ClN3O2S. The lowest BCUT2D eigenvalue weighted by atomic mass is 10.2. The molecule has 0 bridgehead atoms. The molecule has 7 heteroatoms. The molecule has 0 aliphatic heterocycles. The van der Waals surface area contributed by atoms with E-state index >= 15 is 0 Å². The fourth-order valence-corrected chi connectivity index (χ4v) is 2.16. The van der Waals surface area contributed by atoms with Crippen LogP contribution in [0.3, 0.4) is 0 Å². The van der Waals surface area contributed by atoms with Crippen LogP contribution in [0.5, 0.6) is 0 Å². The zero-order valence-corrected chi connectivity index (χ0v) is 14.5. The van der Waals surface area contributed by atoms with E-state index in [1.807, 2.05) is 18.2 Å². The third kappa shape index (κ3) is 5.33.